The van der Waals surface area contributed by atoms with Crippen LogP contribution in [-0.4, -0.2) is 40.0 Å². The summed E-state index contributed by atoms with van der Waals surface area (Å²) in [5, 5.41) is 2.84. The van der Waals surface area contributed by atoms with Crippen molar-refractivity contribution < 1.29 is 4.79 Å². The zero-order valence-corrected chi connectivity index (χ0v) is 12.5. The third kappa shape index (κ3) is 5.25. The lowest BCUT2D eigenvalue weighted by molar-refractivity contribution is -0.120. The fourth-order valence-electron chi connectivity index (χ4n) is 1.63. The molecule has 1 amide bonds. The minimum atomic E-state index is -0.0955. The highest BCUT2D eigenvalue weighted by molar-refractivity contribution is 8.23. The van der Waals surface area contributed by atoms with Gasteiger partial charge in [0.25, 0.3) is 0 Å². The van der Waals surface area contributed by atoms with Crippen LogP contribution in [0.5, 0.6) is 0 Å². The van der Waals surface area contributed by atoms with Gasteiger partial charge in [-0.25, -0.2) is 0 Å². The van der Waals surface area contributed by atoms with Gasteiger partial charge in [-0.3, -0.25) is 4.79 Å². The number of likely N-dealkylation sites (tertiary alicyclic amines) is 1. The Kier molecular flexibility index (Phi) is 6.27. The Bertz CT molecular complexity index is 276. The first kappa shape index (κ1) is 14.8. The molecule has 5 heteroatoms. The smallest absolute Gasteiger partial charge is 0.233 e. The number of thiocarbonyl (C=S) groups is 1. The maximum atomic E-state index is 11.8. The third-order valence-corrected chi connectivity index (χ3v) is 4.27. The second-order valence-electron chi connectivity index (χ2n) is 4.86. The van der Waals surface area contributed by atoms with Crippen LogP contribution in [0.1, 0.15) is 33.6 Å². The van der Waals surface area contributed by atoms with Gasteiger partial charge in [0, 0.05) is 19.6 Å². The molecule has 1 unspecified atom stereocenters. The second kappa shape index (κ2) is 7.21. The Morgan fingerprint density at radius 2 is 1.94 bits per heavy atom. The molecule has 1 heterocycles. The van der Waals surface area contributed by atoms with Crippen LogP contribution in [0.4, 0.5) is 0 Å². The van der Waals surface area contributed by atoms with Crippen molar-refractivity contribution in [2.75, 3.05) is 19.6 Å². The SMILES string of the molecule is CC(C)CNC(=O)C(C)SC(=S)N1CCCC1. The first-order chi connectivity index (χ1) is 8.00. The molecule has 1 aliphatic heterocycles. The molecule has 0 spiro atoms. The van der Waals surface area contributed by atoms with Crippen molar-refractivity contribution in [2.24, 2.45) is 5.92 Å². The van der Waals surface area contributed by atoms with Crippen LogP contribution in [0.25, 0.3) is 0 Å². The van der Waals surface area contributed by atoms with Crippen molar-refractivity contribution in [1.82, 2.24) is 10.2 Å². The number of nitrogens with zero attached hydrogens (tertiary/aromatic N) is 1. The normalized spacial score (nSPS) is 17.3. The van der Waals surface area contributed by atoms with Crippen molar-refractivity contribution in [2.45, 2.75) is 38.9 Å². The monoisotopic (exact) mass is 274 g/mol. The molecule has 1 rings (SSSR count). The zero-order valence-electron chi connectivity index (χ0n) is 10.9. The molecular formula is C12H22N2OS2. The number of rotatable bonds is 4. The number of carbonyl (C=O) groups excluding carboxylic acids is 1. The molecule has 17 heavy (non-hydrogen) atoms. The van der Waals surface area contributed by atoms with E-state index in [9.17, 15) is 4.79 Å². The van der Waals surface area contributed by atoms with Crippen molar-refractivity contribution >= 4 is 34.2 Å². The Morgan fingerprint density at radius 1 is 1.35 bits per heavy atom. The summed E-state index contributed by atoms with van der Waals surface area (Å²) >= 11 is 6.86. The Hall–Kier alpha value is -0.290. The molecule has 1 saturated heterocycles. The van der Waals surface area contributed by atoms with E-state index in [1.165, 1.54) is 24.6 Å². The number of hydrogen-bond donors (Lipinski definition) is 1. The molecule has 1 fully saturated rings. The summed E-state index contributed by atoms with van der Waals surface area (Å²) in [6.07, 6.45) is 2.43. The maximum Gasteiger partial charge on any atom is 0.233 e. The van der Waals surface area contributed by atoms with Gasteiger partial charge in [0.05, 0.1) is 5.25 Å². The van der Waals surface area contributed by atoms with E-state index in [0.29, 0.717) is 5.92 Å². The first-order valence-corrected chi connectivity index (χ1v) is 7.52. The van der Waals surface area contributed by atoms with Gasteiger partial charge >= 0.3 is 0 Å². The third-order valence-electron chi connectivity index (χ3n) is 2.70. The highest BCUT2D eigenvalue weighted by atomic mass is 32.2. The predicted octanol–water partition coefficient (Wildman–Crippen LogP) is 2.26. The molecular weight excluding hydrogens is 252 g/mol. The lowest BCUT2D eigenvalue weighted by Crippen LogP contribution is -2.35. The highest BCUT2D eigenvalue weighted by Crippen LogP contribution is 2.20. The molecule has 0 saturated carbocycles. The first-order valence-electron chi connectivity index (χ1n) is 6.24. The summed E-state index contributed by atoms with van der Waals surface area (Å²) in [6.45, 7) is 8.93. The minimum absolute atomic E-state index is 0.0882. The van der Waals surface area contributed by atoms with E-state index in [1.807, 2.05) is 6.92 Å². The fraction of sp³-hybridized carbons (Fsp3) is 0.833. The van der Waals surface area contributed by atoms with Gasteiger partial charge in [-0.05, 0) is 25.7 Å². The van der Waals surface area contributed by atoms with Gasteiger partial charge in [-0.1, -0.05) is 37.8 Å². The van der Waals surface area contributed by atoms with Crippen molar-refractivity contribution in [3.8, 4) is 0 Å². The Labute approximate surface area is 114 Å². The average molecular weight is 274 g/mol. The largest absolute Gasteiger partial charge is 0.358 e. The van der Waals surface area contributed by atoms with Crippen LogP contribution < -0.4 is 5.32 Å². The van der Waals surface area contributed by atoms with Crippen molar-refractivity contribution in [1.29, 1.82) is 0 Å². The lowest BCUT2D eigenvalue weighted by Gasteiger charge is -2.20. The van der Waals surface area contributed by atoms with E-state index in [4.69, 9.17) is 12.2 Å². The number of hydrogen-bond acceptors (Lipinski definition) is 3. The molecule has 3 nitrogen and oxygen atoms in total. The van der Waals surface area contributed by atoms with Crippen molar-refractivity contribution in [3.63, 3.8) is 0 Å². The highest BCUT2D eigenvalue weighted by Gasteiger charge is 2.21. The molecule has 1 N–H and O–H groups in total. The summed E-state index contributed by atoms with van der Waals surface area (Å²) in [6, 6.07) is 0. The fourth-order valence-corrected chi connectivity index (χ4v) is 3.07. The summed E-state index contributed by atoms with van der Waals surface area (Å²) in [5.41, 5.74) is 0. The predicted molar refractivity (Wildman–Crippen MR) is 78.3 cm³/mol. The number of thioether (sulfide) groups is 1. The molecule has 98 valence electrons. The second-order valence-corrected chi connectivity index (χ2v) is 6.83. The summed E-state index contributed by atoms with van der Waals surface area (Å²) < 4.78 is 0.870. The van der Waals surface area contributed by atoms with Crippen molar-refractivity contribution in [3.05, 3.63) is 0 Å². The van der Waals surface area contributed by atoms with E-state index < -0.39 is 0 Å². The molecule has 1 atom stereocenters. The Morgan fingerprint density at radius 3 is 2.47 bits per heavy atom. The summed E-state index contributed by atoms with van der Waals surface area (Å²) in [4.78, 5) is 14.0. The lowest BCUT2D eigenvalue weighted by atomic mass is 10.2. The average Bonchev–Trinajstić information content (AvgIpc) is 2.78. The van der Waals surface area contributed by atoms with E-state index >= 15 is 0 Å². The van der Waals surface area contributed by atoms with Gasteiger partial charge < -0.3 is 10.2 Å². The molecule has 0 aromatic heterocycles. The summed E-state index contributed by atoms with van der Waals surface area (Å²) in [7, 11) is 0. The number of nitrogens with one attached hydrogen (secondary N) is 1. The number of amides is 1. The zero-order chi connectivity index (χ0) is 12.8. The molecule has 0 aromatic rings. The van der Waals surface area contributed by atoms with Crippen LogP contribution in [0.15, 0.2) is 0 Å². The maximum absolute atomic E-state index is 11.8. The van der Waals surface area contributed by atoms with E-state index in [2.05, 4.69) is 24.1 Å². The van der Waals surface area contributed by atoms with E-state index in [0.717, 1.165) is 24.0 Å². The van der Waals surface area contributed by atoms with Gasteiger partial charge in [0.1, 0.15) is 4.32 Å². The summed E-state index contributed by atoms with van der Waals surface area (Å²) in [5.74, 6) is 0.576. The van der Waals surface area contributed by atoms with Crippen LogP contribution in [0.2, 0.25) is 0 Å². The van der Waals surface area contributed by atoms with Gasteiger partial charge in [-0.2, -0.15) is 0 Å². The molecule has 0 aromatic carbocycles. The van der Waals surface area contributed by atoms with Gasteiger partial charge in [0.2, 0.25) is 5.91 Å². The molecule has 0 aliphatic carbocycles. The number of carbonyl (C=O) groups is 1. The molecule has 0 bridgehead atoms. The van der Waals surface area contributed by atoms with E-state index in [-0.39, 0.29) is 11.2 Å². The van der Waals surface area contributed by atoms with Crippen LogP contribution in [-0.2, 0) is 4.79 Å². The molecule has 1 aliphatic rings. The van der Waals surface area contributed by atoms with E-state index in [1.54, 1.807) is 0 Å². The topological polar surface area (TPSA) is 32.3 Å². The van der Waals surface area contributed by atoms with Crippen LogP contribution in [0, 0.1) is 5.92 Å². The van der Waals surface area contributed by atoms with Crippen LogP contribution in [0.3, 0.4) is 0 Å². The van der Waals surface area contributed by atoms with Gasteiger partial charge in [0.15, 0.2) is 0 Å². The minimum Gasteiger partial charge on any atom is -0.358 e. The van der Waals surface area contributed by atoms with Gasteiger partial charge in [-0.15, -0.1) is 0 Å². The quantitative estimate of drug-likeness (QED) is 0.797. The van der Waals surface area contributed by atoms with Crippen LogP contribution >= 0.6 is 24.0 Å². The Balaban J connectivity index is 2.29. The molecule has 0 radical (unpaired) electrons. The standard InChI is InChI=1S/C12H22N2OS2/c1-9(2)8-13-11(15)10(3)17-12(16)14-6-4-5-7-14/h9-10H,4-8H2,1-3H3,(H,13,15).